The molecule has 0 bridgehead atoms. The Morgan fingerprint density at radius 2 is 1.88 bits per heavy atom. The van der Waals surface area contributed by atoms with Gasteiger partial charge in [0.2, 0.25) is 5.91 Å². The van der Waals surface area contributed by atoms with Crippen molar-refractivity contribution < 1.29 is 9.18 Å². The lowest BCUT2D eigenvalue weighted by molar-refractivity contribution is -0.113. The van der Waals surface area contributed by atoms with Gasteiger partial charge in [-0.2, -0.15) is 0 Å². The second-order valence-corrected chi connectivity index (χ2v) is 7.02. The summed E-state index contributed by atoms with van der Waals surface area (Å²) >= 11 is 4.66. The van der Waals surface area contributed by atoms with E-state index >= 15 is 0 Å². The van der Waals surface area contributed by atoms with Gasteiger partial charge in [-0.15, -0.1) is 10.2 Å². The minimum atomic E-state index is -0.389. The Labute approximate surface area is 157 Å². The molecule has 0 aliphatic carbocycles. The number of nitrogens with zero attached hydrogens (tertiary/aromatic N) is 2. The van der Waals surface area contributed by atoms with Crippen molar-refractivity contribution in [2.24, 2.45) is 0 Å². The molecule has 1 aromatic heterocycles. The zero-order valence-corrected chi connectivity index (χ0v) is 15.3. The van der Waals surface area contributed by atoms with Crippen molar-refractivity contribution in [2.75, 3.05) is 11.1 Å². The van der Waals surface area contributed by atoms with Crippen LogP contribution < -0.4 is 5.32 Å². The fraction of sp³-hybridized carbons (Fsp3) is 0.0556. The number of rotatable bonds is 5. The van der Waals surface area contributed by atoms with Crippen LogP contribution in [0.5, 0.6) is 0 Å². The van der Waals surface area contributed by atoms with Crippen molar-refractivity contribution in [3.63, 3.8) is 0 Å². The maximum atomic E-state index is 13.1. The molecule has 4 nitrogen and oxygen atoms in total. The van der Waals surface area contributed by atoms with Gasteiger partial charge in [0.15, 0.2) is 0 Å². The van der Waals surface area contributed by atoms with Crippen molar-refractivity contribution in [1.82, 2.24) is 10.2 Å². The van der Waals surface area contributed by atoms with Gasteiger partial charge in [-0.3, -0.25) is 4.79 Å². The molecule has 0 fully saturated rings. The number of carbonyl (C=O) groups excluding carboxylic acids is 1. The predicted molar refractivity (Wildman–Crippen MR) is 101 cm³/mol. The minimum absolute atomic E-state index is 0.169. The molecule has 3 rings (SSSR count). The summed E-state index contributed by atoms with van der Waals surface area (Å²) in [7, 11) is 0. The van der Waals surface area contributed by atoms with E-state index in [2.05, 4.69) is 31.4 Å². The average Bonchev–Trinajstić information content (AvgIpc) is 2.61. The first-order valence-corrected chi connectivity index (χ1v) is 9.16. The Kier molecular flexibility index (Phi) is 5.78. The summed E-state index contributed by atoms with van der Waals surface area (Å²) in [4.78, 5) is 11.9. The van der Waals surface area contributed by atoms with Gasteiger partial charge < -0.3 is 5.32 Å². The summed E-state index contributed by atoms with van der Waals surface area (Å²) in [5.74, 6) is -0.447. The molecule has 0 spiro atoms. The summed E-state index contributed by atoms with van der Waals surface area (Å²) in [6, 6.07) is 17.3. The van der Waals surface area contributed by atoms with Gasteiger partial charge in [0.25, 0.3) is 0 Å². The number of halogens is 2. The summed E-state index contributed by atoms with van der Waals surface area (Å²) in [6.45, 7) is 0. The van der Waals surface area contributed by atoms with E-state index in [1.54, 1.807) is 12.1 Å². The smallest absolute Gasteiger partial charge is 0.234 e. The minimum Gasteiger partial charge on any atom is -0.325 e. The predicted octanol–water partition coefficient (Wildman–Crippen LogP) is 4.78. The van der Waals surface area contributed by atoms with Crippen molar-refractivity contribution in [1.29, 1.82) is 0 Å². The van der Waals surface area contributed by atoms with Crippen LogP contribution in [0.3, 0.4) is 0 Å². The van der Waals surface area contributed by atoms with Crippen LogP contribution in [-0.4, -0.2) is 21.9 Å². The molecule has 126 valence electrons. The number of benzene rings is 2. The molecular weight excluding hydrogens is 405 g/mol. The van der Waals surface area contributed by atoms with E-state index in [1.165, 1.54) is 23.9 Å². The Morgan fingerprint density at radius 1 is 1.08 bits per heavy atom. The first kappa shape index (κ1) is 17.6. The van der Waals surface area contributed by atoms with E-state index in [4.69, 9.17) is 0 Å². The fourth-order valence-corrected chi connectivity index (χ4v) is 2.95. The lowest BCUT2D eigenvalue weighted by Gasteiger charge is -2.05. The Hall–Kier alpha value is -2.25. The highest BCUT2D eigenvalue weighted by Crippen LogP contribution is 2.22. The number of nitrogens with one attached hydrogen (secondary N) is 1. The molecule has 0 radical (unpaired) electrons. The van der Waals surface area contributed by atoms with Crippen molar-refractivity contribution >= 4 is 39.3 Å². The molecule has 0 saturated carbocycles. The van der Waals surface area contributed by atoms with E-state index in [0.717, 1.165) is 15.7 Å². The molecular formula is C18H13BrFN3OS. The standard InChI is InChI=1S/C18H13BrFN3OS/c19-13-6-4-12(5-7-13)16-8-9-18(23-22-16)25-11-17(24)21-15-3-1-2-14(20)10-15/h1-10H,11H2,(H,21,24). The lowest BCUT2D eigenvalue weighted by atomic mass is 10.1. The van der Waals surface area contributed by atoms with E-state index in [1.807, 2.05) is 36.4 Å². The Bertz CT molecular complexity index is 872. The molecule has 1 amide bonds. The zero-order chi connectivity index (χ0) is 17.6. The van der Waals surface area contributed by atoms with Gasteiger partial charge in [0.1, 0.15) is 10.8 Å². The summed E-state index contributed by atoms with van der Waals surface area (Å²) in [5, 5.41) is 11.6. The first-order valence-electron chi connectivity index (χ1n) is 7.38. The fourth-order valence-electron chi connectivity index (χ4n) is 2.07. The van der Waals surface area contributed by atoms with Crippen LogP contribution >= 0.6 is 27.7 Å². The van der Waals surface area contributed by atoms with E-state index in [9.17, 15) is 9.18 Å². The van der Waals surface area contributed by atoms with Crippen LogP contribution in [0.25, 0.3) is 11.3 Å². The summed E-state index contributed by atoms with van der Waals surface area (Å²) in [6.07, 6.45) is 0. The van der Waals surface area contributed by atoms with Gasteiger partial charge in [-0.1, -0.05) is 45.9 Å². The number of thioether (sulfide) groups is 1. The number of carbonyl (C=O) groups is 1. The van der Waals surface area contributed by atoms with E-state index in [0.29, 0.717) is 10.7 Å². The third-order valence-electron chi connectivity index (χ3n) is 3.24. The van der Waals surface area contributed by atoms with Crippen molar-refractivity contribution in [3.8, 4) is 11.3 Å². The van der Waals surface area contributed by atoms with Gasteiger partial charge in [-0.05, 0) is 42.5 Å². The van der Waals surface area contributed by atoms with Crippen molar-refractivity contribution in [3.05, 3.63) is 71.0 Å². The lowest BCUT2D eigenvalue weighted by Crippen LogP contribution is -2.14. The average molecular weight is 418 g/mol. The Morgan fingerprint density at radius 3 is 2.56 bits per heavy atom. The first-order chi connectivity index (χ1) is 12.1. The third kappa shape index (κ3) is 5.11. The molecule has 0 atom stereocenters. The molecule has 1 N–H and O–H groups in total. The highest BCUT2D eigenvalue weighted by atomic mass is 79.9. The van der Waals surface area contributed by atoms with Crippen LogP contribution in [0, 0.1) is 5.82 Å². The largest absolute Gasteiger partial charge is 0.325 e. The number of hydrogen-bond acceptors (Lipinski definition) is 4. The normalized spacial score (nSPS) is 10.5. The van der Waals surface area contributed by atoms with Crippen LogP contribution in [0.4, 0.5) is 10.1 Å². The highest BCUT2D eigenvalue weighted by Gasteiger charge is 2.07. The maximum Gasteiger partial charge on any atom is 0.234 e. The van der Waals surface area contributed by atoms with Gasteiger partial charge in [0, 0.05) is 15.7 Å². The van der Waals surface area contributed by atoms with Gasteiger partial charge >= 0.3 is 0 Å². The molecule has 25 heavy (non-hydrogen) atoms. The highest BCUT2D eigenvalue weighted by molar-refractivity contribution is 9.10. The number of aromatic nitrogens is 2. The third-order valence-corrected chi connectivity index (χ3v) is 4.69. The molecule has 2 aromatic carbocycles. The van der Waals surface area contributed by atoms with Gasteiger partial charge in [-0.25, -0.2) is 4.39 Å². The van der Waals surface area contributed by atoms with Crippen LogP contribution in [0.2, 0.25) is 0 Å². The zero-order valence-electron chi connectivity index (χ0n) is 12.9. The monoisotopic (exact) mass is 417 g/mol. The molecule has 3 aromatic rings. The second kappa shape index (κ2) is 8.22. The molecule has 0 aliphatic heterocycles. The van der Waals surface area contributed by atoms with Crippen molar-refractivity contribution in [2.45, 2.75) is 5.03 Å². The Balaban J connectivity index is 1.56. The van der Waals surface area contributed by atoms with E-state index in [-0.39, 0.29) is 17.5 Å². The molecule has 0 saturated heterocycles. The van der Waals surface area contributed by atoms with E-state index < -0.39 is 0 Å². The SMILES string of the molecule is O=C(CSc1ccc(-c2ccc(Br)cc2)nn1)Nc1cccc(F)c1. The quantitative estimate of drug-likeness (QED) is 0.607. The van der Waals surface area contributed by atoms with Gasteiger partial charge in [0.05, 0.1) is 11.4 Å². The summed E-state index contributed by atoms with van der Waals surface area (Å²) in [5.41, 5.74) is 2.17. The molecule has 0 aliphatic rings. The second-order valence-electron chi connectivity index (χ2n) is 5.11. The molecule has 7 heteroatoms. The summed E-state index contributed by atoms with van der Waals surface area (Å²) < 4.78 is 14.1. The number of anilines is 1. The van der Waals surface area contributed by atoms with Crippen LogP contribution in [0.1, 0.15) is 0 Å². The topological polar surface area (TPSA) is 54.9 Å². The number of hydrogen-bond donors (Lipinski definition) is 1. The maximum absolute atomic E-state index is 13.1. The number of amides is 1. The molecule has 0 unspecified atom stereocenters. The van der Waals surface area contributed by atoms with Crippen LogP contribution in [0.15, 0.2) is 70.2 Å². The molecule has 1 heterocycles. The van der Waals surface area contributed by atoms with Crippen LogP contribution in [-0.2, 0) is 4.79 Å².